The molecule has 2 heterocycles. The molecule has 2 atom stereocenters. The number of benzene rings is 1. The van der Waals surface area contributed by atoms with Crippen molar-refractivity contribution in [2.75, 3.05) is 19.6 Å². The highest BCUT2D eigenvalue weighted by Gasteiger charge is 2.40. The molecular weight excluding hydrogens is 321 g/mol. The number of aliphatic hydroxyl groups excluding tert-OH is 1. The van der Waals surface area contributed by atoms with Crippen LogP contribution in [0.5, 0.6) is 0 Å². The van der Waals surface area contributed by atoms with Gasteiger partial charge < -0.3 is 5.11 Å². The molecule has 1 aromatic heterocycles. The van der Waals surface area contributed by atoms with E-state index in [0.29, 0.717) is 24.7 Å². The standard InChI is InChI=1S/C16H19F3N4O/c17-16(18,19)13(24)10-23-8-4-7-12(9-23)15-20-14(21-22-15)11-5-2-1-3-6-11/h1-3,5-6,12-13,24H,4,7-10H2,(H,20,21,22). The van der Waals surface area contributed by atoms with Crippen molar-refractivity contribution in [2.45, 2.75) is 31.0 Å². The van der Waals surface area contributed by atoms with Crippen LogP contribution in [-0.2, 0) is 0 Å². The summed E-state index contributed by atoms with van der Waals surface area (Å²) >= 11 is 0. The van der Waals surface area contributed by atoms with Crippen LogP contribution in [0.4, 0.5) is 13.2 Å². The quantitative estimate of drug-likeness (QED) is 0.898. The Morgan fingerprint density at radius 2 is 2.04 bits per heavy atom. The Balaban J connectivity index is 1.66. The number of halogens is 3. The predicted molar refractivity (Wildman–Crippen MR) is 82.3 cm³/mol. The van der Waals surface area contributed by atoms with E-state index in [0.717, 1.165) is 18.4 Å². The van der Waals surface area contributed by atoms with Gasteiger partial charge in [0.2, 0.25) is 0 Å². The van der Waals surface area contributed by atoms with Crippen LogP contribution in [0.25, 0.3) is 11.4 Å². The van der Waals surface area contributed by atoms with Gasteiger partial charge in [-0.05, 0) is 19.4 Å². The summed E-state index contributed by atoms with van der Waals surface area (Å²) in [5.41, 5.74) is 0.889. The molecule has 1 aromatic carbocycles. The lowest BCUT2D eigenvalue weighted by Crippen LogP contribution is -2.44. The summed E-state index contributed by atoms with van der Waals surface area (Å²) in [5.74, 6) is 1.25. The van der Waals surface area contributed by atoms with Crippen molar-refractivity contribution in [3.05, 3.63) is 36.2 Å². The minimum atomic E-state index is -4.58. The summed E-state index contributed by atoms with van der Waals surface area (Å²) in [7, 11) is 0. The molecule has 0 saturated carbocycles. The van der Waals surface area contributed by atoms with Crippen LogP contribution >= 0.6 is 0 Å². The van der Waals surface area contributed by atoms with Gasteiger partial charge in [0.25, 0.3) is 0 Å². The third kappa shape index (κ3) is 3.93. The summed E-state index contributed by atoms with van der Waals surface area (Å²) < 4.78 is 37.5. The molecule has 8 heteroatoms. The maximum Gasteiger partial charge on any atom is 0.415 e. The van der Waals surface area contributed by atoms with Crippen LogP contribution in [-0.4, -0.2) is 57.1 Å². The highest BCUT2D eigenvalue weighted by molar-refractivity contribution is 5.53. The lowest BCUT2D eigenvalue weighted by molar-refractivity contribution is -0.208. The minimum Gasteiger partial charge on any atom is -0.382 e. The summed E-state index contributed by atoms with van der Waals surface area (Å²) in [5, 5.41) is 16.4. The average molecular weight is 340 g/mol. The minimum absolute atomic E-state index is 0.0101. The van der Waals surface area contributed by atoms with E-state index in [9.17, 15) is 18.3 Å². The lowest BCUT2D eigenvalue weighted by Gasteiger charge is -2.33. The molecule has 0 radical (unpaired) electrons. The molecule has 0 bridgehead atoms. The second kappa shape index (κ2) is 6.90. The molecule has 1 fully saturated rings. The van der Waals surface area contributed by atoms with Crippen molar-refractivity contribution in [1.82, 2.24) is 20.1 Å². The van der Waals surface area contributed by atoms with E-state index in [2.05, 4.69) is 15.2 Å². The second-order valence-electron chi connectivity index (χ2n) is 6.07. The number of alkyl halides is 3. The zero-order chi connectivity index (χ0) is 17.2. The van der Waals surface area contributed by atoms with Crippen molar-refractivity contribution >= 4 is 0 Å². The number of hydrogen-bond donors (Lipinski definition) is 2. The molecule has 1 aliphatic rings. The van der Waals surface area contributed by atoms with E-state index in [-0.39, 0.29) is 5.92 Å². The number of nitrogens with one attached hydrogen (secondary N) is 1. The summed E-state index contributed by atoms with van der Waals surface area (Å²) in [6, 6.07) is 9.50. The van der Waals surface area contributed by atoms with Crippen molar-refractivity contribution in [1.29, 1.82) is 0 Å². The molecule has 1 aliphatic heterocycles. The fraction of sp³-hybridized carbons (Fsp3) is 0.500. The molecule has 2 aromatic rings. The first-order valence-electron chi connectivity index (χ1n) is 7.88. The summed E-state index contributed by atoms with van der Waals surface area (Å²) in [6.45, 7) is 0.569. The van der Waals surface area contributed by atoms with Gasteiger partial charge in [0.05, 0.1) is 0 Å². The molecule has 0 aliphatic carbocycles. The maximum absolute atomic E-state index is 12.5. The number of likely N-dealkylation sites (tertiary alicyclic amines) is 1. The fourth-order valence-electron chi connectivity index (χ4n) is 2.97. The van der Waals surface area contributed by atoms with E-state index in [4.69, 9.17) is 0 Å². The Morgan fingerprint density at radius 3 is 2.75 bits per heavy atom. The number of β-amino-alcohol motifs (C(OH)–C–C–N with tert-alkyl or cyclic N) is 1. The topological polar surface area (TPSA) is 65.0 Å². The van der Waals surface area contributed by atoms with Crippen molar-refractivity contribution in [3.63, 3.8) is 0 Å². The zero-order valence-corrected chi connectivity index (χ0v) is 13.0. The molecule has 130 valence electrons. The summed E-state index contributed by atoms with van der Waals surface area (Å²) in [6.07, 6.45) is -5.30. The van der Waals surface area contributed by atoms with Gasteiger partial charge in [0.15, 0.2) is 11.9 Å². The van der Waals surface area contributed by atoms with Gasteiger partial charge in [0, 0.05) is 24.6 Å². The van der Waals surface area contributed by atoms with Crippen LogP contribution in [0.15, 0.2) is 30.3 Å². The number of rotatable bonds is 4. The monoisotopic (exact) mass is 340 g/mol. The van der Waals surface area contributed by atoms with Gasteiger partial charge in [-0.2, -0.15) is 18.3 Å². The third-order valence-corrected chi connectivity index (χ3v) is 4.24. The Labute approximate surface area is 137 Å². The molecule has 0 amide bonds. The zero-order valence-electron chi connectivity index (χ0n) is 13.0. The maximum atomic E-state index is 12.5. The van der Waals surface area contributed by atoms with Crippen molar-refractivity contribution in [2.24, 2.45) is 0 Å². The largest absolute Gasteiger partial charge is 0.415 e. The van der Waals surface area contributed by atoms with Crippen LogP contribution in [0.1, 0.15) is 24.6 Å². The second-order valence-corrected chi connectivity index (χ2v) is 6.07. The van der Waals surface area contributed by atoms with Crippen molar-refractivity contribution in [3.8, 4) is 11.4 Å². The van der Waals surface area contributed by atoms with Crippen LogP contribution in [0.2, 0.25) is 0 Å². The lowest BCUT2D eigenvalue weighted by atomic mass is 9.97. The van der Waals surface area contributed by atoms with E-state index in [1.54, 1.807) is 4.90 Å². The smallest absolute Gasteiger partial charge is 0.382 e. The van der Waals surface area contributed by atoms with E-state index in [1.165, 1.54) is 0 Å². The fourth-order valence-corrected chi connectivity index (χ4v) is 2.97. The predicted octanol–water partition coefficient (Wildman–Crippen LogP) is 2.57. The van der Waals surface area contributed by atoms with Crippen LogP contribution < -0.4 is 0 Å². The highest BCUT2D eigenvalue weighted by atomic mass is 19.4. The number of piperidine rings is 1. The Hall–Kier alpha value is -1.93. The van der Waals surface area contributed by atoms with Gasteiger partial charge in [-0.1, -0.05) is 30.3 Å². The molecule has 0 spiro atoms. The Bertz CT molecular complexity index is 659. The number of aromatic amines is 1. The first-order chi connectivity index (χ1) is 11.4. The summed E-state index contributed by atoms with van der Waals surface area (Å²) in [4.78, 5) is 6.12. The molecule has 5 nitrogen and oxygen atoms in total. The first-order valence-corrected chi connectivity index (χ1v) is 7.88. The normalized spacial score (nSPS) is 20.9. The van der Waals surface area contributed by atoms with Gasteiger partial charge in [-0.3, -0.25) is 10.00 Å². The highest BCUT2D eigenvalue weighted by Crippen LogP contribution is 2.28. The number of aliphatic hydroxyl groups is 1. The number of H-pyrrole nitrogens is 1. The number of aromatic nitrogens is 3. The number of nitrogens with zero attached hydrogens (tertiary/aromatic N) is 3. The molecule has 24 heavy (non-hydrogen) atoms. The molecule has 3 rings (SSSR count). The molecule has 2 N–H and O–H groups in total. The van der Waals surface area contributed by atoms with Gasteiger partial charge in [-0.15, -0.1) is 0 Å². The van der Waals surface area contributed by atoms with E-state index < -0.39 is 18.8 Å². The molecule has 2 unspecified atom stereocenters. The average Bonchev–Trinajstić information content (AvgIpc) is 3.05. The van der Waals surface area contributed by atoms with Gasteiger partial charge in [-0.25, -0.2) is 4.98 Å². The van der Waals surface area contributed by atoms with E-state index >= 15 is 0 Å². The van der Waals surface area contributed by atoms with Gasteiger partial charge in [0.1, 0.15) is 5.82 Å². The van der Waals surface area contributed by atoms with Crippen LogP contribution in [0, 0.1) is 0 Å². The third-order valence-electron chi connectivity index (χ3n) is 4.24. The SMILES string of the molecule is OC(CN1CCCC(c2nc(-c3ccccc3)n[nH]2)C1)C(F)(F)F. The molecular formula is C16H19F3N4O. The Kier molecular flexibility index (Phi) is 4.86. The van der Waals surface area contributed by atoms with Crippen molar-refractivity contribution < 1.29 is 18.3 Å². The van der Waals surface area contributed by atoms with E-state index in [1.807, 2.05) is 30.3 Å². The Morgan fingerprint density at radius 1 is 1.29 bits per heavy atom. The molecule has 1 saturated heterocycles. The van der Waals surface area contributed by atoms with Gasteiger partial charge >= 0.3 is 6.18 Å². The number of hydrogen-bond acceptors (Lipinski definition) is 4. The first kappa shape index (κ1) is 16.9. The van der Waals surface area contributed by atoms with Crippen LogP contribution in [0.3, 0.4) is 0 Å².